The molecule has 1 aromatic heterocycles. The average Bonchev–Trinajstić information content (AvgIpc) is 3.07. The molecule has 1 heterocycles. The Hall–Kier alpha value is -2.59. The third-order valence-electron chi connectivity index (χ3n) is 4.50. The van der Waals surface area contributed by atoms with Crippen LogP contribution in [0.1, 0.15) is 35.5 Å². The Labute approximate surface area is 165 Å². The van der Waals surface area contributed by atoms with Crippen molar-refractivity contribution in [3.05, 3.63) is 70.4 Å². The third kappa shape index (κ3) is 4.22. The lowest BCUT2D eigenvalue weighted by atomic mass is 10.0. The quantitative estimate of drug-likeness (QED) is 0.660. The van der Waals surface area contributed by atoms with Crippen molar-refractivity contribution >= 4 is 17.5 Å². The molecule has 1 amide bonds. The highest BCUT2D eigenvalue weighted by molar-refractivity contribution is 6.32. The molecule has 4 nitrogen and oxygen atoms in total. The van der Waals surface area contributed by atoms with Gasteiger partial charge in [-0.3, -0.25) is 4.79 Å². The Balaban J connectivity index is 2.09. The lowest BCUT2D eigenvalue weighted by Crippen LogP contribution is -2.29. The number of aryl methyl sites for hydroxylation is 2. The number of carbonyl (C=O) groups is 1. The summed E-state index contributed by atoms with van der Waals surface area (Å²) in [7, 11) is 0. The summed E-state index contributed by atoms with van der Waals surface area (Å²) in [5.41, 5.74) is 5.28. The number of nitrogens with one attached hydrogen (secondary N) is 1. The van der Waals surface area contributed by atoms with Crippen molar-refractivity contribution in [3.63, 3.8) is 0 Å². The van der Waals surface area contributed by atoms with Gasteiger partial charge in [0.05, 0.1) is 16.4 Å². The van der Waals surface area contributed by atoms with E-state index < -0.39 is 0 Å². The molecule has 1 N–H and O–H groups in total. The Morgan fingerprint density at radius 3 is 2.52 bits per heavy atom. The minimum atomic E-state index is -0.161. The second-order valence-corrected chi connectivity index (χ2v) is 7.59. The Kier molecular flexibility index (Phi) is 5.66. The van der Waals surface area contributed by atoms with Crippen LogP contribution in [0.2, 0.25) is 5.02 Å². The molecule has 3 aromatic rings. The third-order valence-corrected chi connectivity index (χ3v) is 4.82. The molecular formula is C22H24ClN3O. The van der Waals surface area contributed by atoms with Gasteiger partial charge >= 0.3 is 0 Å². The second-order valence-electron chi connectivity index (χ2n) is 7.18. The van der Waals surface area contributed by atoms with Crippen molar-refractivity contribution in [1.29, 1.82) is 0 Å². The van der Waals surface area contributed by atoms with Gasteiger partial charge in [-0.05, 0) is 55.2 Å². The molecule has 27 heavy (non-hydrogen) atoms. The molecule has 0 aliphatic rings. The number of nitrogens with zero attached hydrogens (tertiary/aromatic N) is 2. The van der Waals surface area contributed by atoms with Crippen molar-refractivity contribution < 1.29 is 4.79 Å². The van der Waals surface area contributed by atoms with Gasteiger partial charge in [0.2, 0.25) is 0 Å². The molecule has 0 fully saturated rings. The van der Waals surface area contributed by atoms with Gasteiger partial charge in [0.15, 0.2) is 0 Å². The van der Waals surface area contributed by atoms with Crippen molar-refractivity contribution in [2.75, 3.05) is 6.54 Å². The summed E-state index contributed by atoms with van der Waals surface area (Å²) in [6.45, 7) is 8.87. The zero-order valence-electron chi connectivity index (χ0n) is 16.1. The maximum Gasteiger partial charge on any atom is 0.270 e. The van der Waals surface area contributed by atoms with Gasteiger partial charge in [0, 0.05) is 12.1 Å². The zero-order valence-corrected chi connectivity index (χ0v) is 16.8. The molecule has 140 valence electrons. The van der Waals surface area contributed by atoms with Crippen LogP contribution < -0.4 is 5.32 Å². The van der Waals surface area contributed by atoms with E-state index in [0.717, 1.165) is 11.3 Å². The van der Waals surface area contributed by atoms with E-state index in [-0.39, 0.29) is 5.91 Å². The molecule has 0 spiro atoms. The molecule has 0 saturated heterocycles. The van der Waals surface area contributed by atoms with Crippen LogP contribution in [0.25, 0.3) is 16.9 Å². The van der Waals surface area contributed by atoms with Crippen molar-refractivity contribution in [1.82, 2.24) is 15.1 Å². The molecular weight excluding hydrogens is 358 g/mol. The molecule has 0 aliphatic carbocycles. The van der Waals surface area contributed by atoms with Gasteiger partial charge in [-0.25, -0.2) is 4.68 Å². The minimum absolute atomic E-state index is 0.161. The van der Waals surface area contributed by atoms with E-state index in [4.69, 9.17) is 16.7 Å². The van der Waals surface area contributed by atoms with Gasteiger partial charge < -0.3 is 5.32 Å². The molecule has 0 radical (unpaired) electrons. The molecule has 0 unspecified atom stereocenters. The first-order valence-corrected chi connectivity index (χ1v) is 9.45. The maximum atomic E-state index is 12.8. The van der Waals surface area contributed by atoms with Crippen LogP contribution in [0.4, 0.5) is 0 Å². The van der Waals surface area contributed by atoms with Crippen molar-refractivity contribution in [2.45, 2.75) is 27.7 Å². The Morgan fingerprint density at radius 1 is 1.11 bits per heavy atom. The molecule has 0 saturated carbocycles. The van der Waals surface area contributed by atoms with E-state index in [2.05, 4.69) is 45.1 Å². The summed E-state index contributed by atoms with van der Waals surface area (Å²) in [4.78, 5) is 12.8. The monoisotopic (exact) mass is 381 g/mol. The predicted octanol–water partition coefficient (Wildman–Crippen LogP) is 5.20. The fraction of sp³-hybridized carbons (Fsp3) is 0.273. The normalized spacial score (nSPS) is 11.0. The first kappa shape index (κ1) is 19.2. The first-order valence-electron chi connectivity index (χ1n) is 9.07. The van der Waals surface area contributed by atoms with Gasteiger partial charge in [0.1, 0.15) is 5.69 Å². The Bertz CT molecular complexity index is 975. The fourth-order valence-electron chi connectivity index (χ4n) is 2.78. The fourth-order valence-corrected chi connectivity index (χ4v) is 2.99. The molecule has 3 rings (SSSR count). The van der Waals surface area contributed by atoms with E-state index in [1.807, 2.05) is 30.3 Å². The first-order chi connectivity index (χ1) is 12.9. The number of hydrogen-bond donors (Lipinski definition) is 1. The number of aromatic nitrogens is 2. The molecule has 0 bridgehead atoms. The number of rotatable bonds is 5. The summed E-state index contributed by atoms with van der Waals surface area (Å²) < 4.78 is 1.63. The van der Waals surface area contributed by atoms with Crippen LogP contribution in [0, 0.1) is 19.8 Å². The Morgan fingerprint density at radius 2 is 1.85 bits per heavy atom. The summed E-state index contributed by atoms with van der Waals surface area (Å²) in [5.74, 6) is 0.205. The number of benzene rings is 2. The standard InChI is InChI=1S/C22H24ClN3O/c1-14(2)13-24-22(27)21-12-19(17-10-9-15(3)16(4)11-17)25-26(21)20-8-6-5-7-18(20)23/h5-12,14H,13H2,1-4H3,(H,24,27). The van der Waals surface area contributed by atoms with Gasteiger partial charge in [0.25, 0.3) is 5.91 Å². The highest BCUT2D eigenvalue weighted by atomic mass is 35.5. The number of amides is 1. The van der Waals surface area contributed by atoms with E-state index in [1.54, 1.807) is 10.7 Å². The van der Waals surface area contributed by atoms with Crippen LogP contribution in [-0.4, -0.2) is 22.2 Å². The summed E-state index contributed by atoms with van der Waals surface area (Å²) in [6.07, 6.45) is 0. The molecule has 0 atom stereocenters. The average molecular weight is 382 g/mol. The summed E-state index contributed by atoms with van der Waals surface area (Å²) >= 11 is 6.37. The lowest BCUT2D eigenvalue weighted by Gasteiger charge is -2.10. The van der Waals surface area contributed by atoms with Crippen LogP contribution >= 0.6 is 11.6 Å². The van der Waals surface area contributed by atoms with E-state index in [1.165, 1.54) is 11.1 Å². The largest absolute Gasteiger partial charge is 0.350 e. The summed E-state index contributed by atoms with van der Waals surface area (Å²) in [5, 5.41) is 8.22. The van der Waals surface area contributed by atoms with Crippen molar-refractivity contribution in [2.24, 2.45) is 5.92 Å². The number of para-hydroxylation sites is 1. The number of carbonyl (C=O) groups excluding carboxylic acids is 1. The van der Waals surface area contributed by atoms with Crippen LogP contribution in [0.5, 0.6) is 0 Å². The molecule has 2 aromatic carbocycles. The highest BCUT2D eigenvalue weighted by Gasteiger charge is 2.19. The van der Waals surface area contributed by atoms with E-state index in [9.17, 15) is 4.79 Å². The highest BCUT2D eigenvalue weighted by Crippen LogP contribution is 2.26. The number of halogens is 1. The predicted molar refractivity (Wildman–Crippen MR) is 111 cm³/mol. The summed E-state index contributed by atoms with van der Waals surface area (Å²) in [6, 6.07) is 15.4. The maximum absolute atomic E-state index is 12.8. The van der Waals surface area contributed by atoms with Crippen LogP contribution in [0.15, 0.2) is 48.5 Å². The topological polar surface area (TPSA) is 46.9 Å². The number of hydrogen-bond acceptors (Lipinski definition) is 2. The van der Waals surface area contributed by atoms with Gasteiger partial charge in [-0.15, -0.1) is 0 Å². The smallest absolute Gasteiger partial charge is 0.270 e. The minimum Gasteiger partial charge on any atom is -0.350 e. The van der Waals surface area contributed by atoms with Gasteiger partial charge in [-0.2, -0.15) is 5.10 Å². The van der Waals surface area contributed by atoms with Crippen LogP contribution in [0.3, 0.4) is 0 Å². The molecule has 5 heteroatoms. The van der Waals surface area contributed by atoms with E-state index in [0.29, 0.717) is 28.9 Å². The lowest BCUT2D eigenvalue weighted by molar-refractivity contribution is 0.0941. The second kappa shape index (κ2) is 7.97. The zero-order chi connectivity index (χ0) is 19.6. The molecule has 0 aliphatic heterocycles. The van der Waals surface area contributed by atoms with Crippen molar-refractivity contribution in [3.8, 4) is 16.9 Å². The van der Waals surface area contributed by atoms with Gasteiger partial charge in [-0.1, -0.05) is 49.7 Å². The SMILES string of the molecule is Cc1ccc(-c2cc(C(=O)NCC(C)C)n(-c3ccccc3Cl)n2)cc1C. The van der Waals surface area contributed by atoms with E-state index >= 15 is 0 Å². The van der Waals surface area contributed by atoms with Crippen LogP contribution in [-0.2, 0) is 0 Å².